The van der Waals surface area contributed by atoms with Crippen LogP contribution in [-0.4, -0.2) is 24.6 Å². The molecule has 2 aromatic rings. The van der Waals surface area contributed by atoms with Gasteiger partial charge < -0.3 is 9.47 Å². The Balaban J connectivity index is 1.83. The Morgan fingerprint density at radius 1 is 0.833 bits per heavy atom. The average molecular weight is 326 g/mol. The summed E-state index contributed by atoms with van der Waals surface area (Å²) in [6.45, 7) is 2.25. The summed E-state index contributed by atoms with van der Waals surface area (Å²) in [5.41, 5.74) is 1.05. The molecule has 1 unspecified atom stereocenters. The summed E-state index contributed by atoms with van der Waals surface area (Å²) in [6.07, 6.45) is 1.86. The van der Waals surface area contributed by atoms with E-state index in [0.29, 0.717) is 17.5 Å². The third-order valence-corrected chi connectivity index (χ3v) is 3.58. The fourth-order valence-electron chi connectivity index (χ4n) is 2.32. The zero-order valence-electron chi connectivity index (χ0n) is 13.8. The van der Waals surface area contributed by atoms with Crippen molar-refractivity contribution < 1.29 is 19.1 Å². The van der Waals surface area contributed by atoms with Crippen LogP contribution in [0.5, 0.6) is 0 Å². The highest BCUT2D eigenvalue weighted by molar-refractivity contribution is 5.89. The summed E-state index contributed by atoms with van der Waals surface area (Å²) in [5, 5.41) is 0. The van der Waals surface area contributed by atoms with Crippen LogP contribution in [0.1, 0.15) is 46.9 Å². The second-order valence-corrected chi connectivity index (χ2v) is 5.47. The predicted octanol–water partition coefficient (Wildman–Crippen LogP) is 4.26. The van der Waals surface area contributed by atoms with Crippen LogP contribution in [0, 0.1) is 0 Å². The number of carbonyl (C=O) groups excluding carboxylic acids is 2. The van der Waals surface area contributed by atoms with Crippen molar-refractivity contribution in [3.8, 4) is 0 Å². The lowest BCUT2D eigenvalue weighted by atomic mass is 10.1. The van der Waals surface area contributed by atoms with Gasteiger partial charge in [0.1, 0.15) is 6.10 Å². The average Bonchev–Trinajstić information content (AvgIpc) is 2.63. The summed E-state index contributed by atoms with van der Waals surface area (Å²) in [5.74, 6) is -0.705. The second kappa shape index (κ2) is 9.50. The quantitative estimate of drug-likeness (QED) is 0.680. The lowest BCUT2D eigenvalue weighted by Gasteiger charge is -2.17. The number of hydrogen-bond acceptors (Lipinski definition) is 4. The normalized spacial score (nSPS) is 11.5. The molecule has 0 aliphatic heterocycles. The molecule has 126 valence electrons. The molecule has 0 saturated carbocycles. The SMILES string of the molecule is CCCC(CCOC(=O)c1ccccc1)OC(=O)c1ccccc1. The maximum atomic E-state index is 12.1. The predicted molar refractivity (Wildman–Crippen MR) is 91.9 cm³/mol. The first-order chi connectivity index (χ1) is 11.7. The van der Waals surface area contributed by atoms with Gasteiger partial charge in [-0.25, -0.2) is 9.59 Å². The Labute approximate surface area is 142 Å². The highest BCUT2D eigenvalue weighted by atomic mass is 16.6. The molecular formula is C20H22O4. The lowest BCUT2D eigenvalue weighted by Crippen LogP contribution is -2.21. The van der Waals surface area contributed by atoms with E-state index < -0.39 is 0 Å². The molecule has 0 aliphatic rings. The standard InChI is InChI=1S/C20H22O4/c1-2-9-18(24-20(22)17-12-7-4-8-13-17)14-15-23-19(21)16-10-5-3-6-11-16/h3-8,10-13,18H,2,9,14-15H2,1H3. The van der Waals surface area contributed by atoms with Crippen molar-refractivity contribution in [3.63, 3.8) is 0 Å². The van der Waals surface area contributed by atoms with Gasteiger partial charge >= 0.3 is 11.9 Å². The van der Waals surface area contributed by atoms with Crippen LogP contribution in [-0.2, 0) is 9.47 Å². The van der Waals surface area contributed by atoms with E-state index in [2.05, 4.69) is 0 Å². The molecule has 0 N–H and O–H groups in total. The van der Waals surface area contributed by atoms with Crippen molar-refractivity contribution in [2.45, 2.75) is 32.3 Å². The minimum absolute atomic E-state index is 0.223. The molecule has 0 amide bonds. The van der Waals surface area contributed by atoms with Gasteiger partial charge in [-0.05, 0) is 30.7 Å². The zero-order valence-corrected chi connectivity index (χ0v) is 13.8. The minimum atomic E-state index is -0.361. The van der Waals surface area contributed by atoms with E-state index in [1.165, 1.54) is 0 Å². The Kier molecular flexibility index (Phi) is 7.02. The van der Waals surface area contributed by atoms with Crippen LogP contribution in [0.25, 0.3) is 0 Å². The highest BCUT2D eigenvalue weighted by Gasteiger charge is 2.16. The van der Waals surface area contributed by atoms with Crippen molar-refractivity contribution in [1.82, 2.24) is 0 Å². The van der Waals surface area contributed by atoms with Gasteiger partial charge in [0.25, 0.3) is 0 Å². The summed E-state index contributed by atoms with van der Waals surface area (Å²) in [4.78, 5) is 24.0. The van der Waals surface area contributed by atoms with Crippen LogP contribution < -0.4 is 0 Å². The van der Waals surface area contributed by atoms with Gasteiger partial charge in [-0.3, -0.25) is 0 Å². The first-order valence-electron chi connectivity index (χ1n) is 8.19. The molecule has 0 bridgehead atoms. The van der Waals surface area contributed by atoms with Crippen molar-refractivity contribution >= 4 is 11.9 Å². The molecule has 0 heterocycles. The van der Waals surface area contributed by atoms with E-state index in [1.807, 2.05) is 19.1 Å². The molecule has 4 nitrogen and oxygen atoms in total. The highest BCUT2D eigenvalue weighted by Crippen LogP contribution is 2.12. The van der Waals surface area contributed by atoms with Crippen molar-refractivity contribution in [2.75, 3.05) is 6.61 Å². The minimum Gasteiger partial charge on any atom is -0.462 e. The maximum Gasteiger partial charge on any atom is 0.338 e. The Hall–Kier alpha value is -2.62. The van der Waals surface area contributed by atoms with E-state index in [1.54, 1.807) is 48.5 Å². The van der Waals surface area contributed by atoms with Crippen LogP contribution in [0.4, 0.5) is 0 Å². The molecule has 0 aliphatic carbocycles. The Morgan fingerprint density at radius 2 is 1.38 bits per heavy atom. The molecule has 4 heteroatoms. The fraction of sp³-hybridized carbons (Fsp3) is 0.300. The molecule has 2 rings (SSSR count). The molecule has 0 fully saturated rings. The van der Waals surface area contributed by atoms with Crippen molar-refractivity contribution in [2.24, 2.45) is 0 Å². The van der Waals surface area contributed by atoms with Gasteiger partial charge in [-0.2, -0.15) is 0 Å². The van der Waals surface area contributed by atoms with Gasteiger partial charge in [-0.1, -0.05) is 49.7 Å². The number of benzene rings is 2. The monoisotopic (exact) mass is 326 g/mol. The smallest absolute Gasteiger partial charge is 0.338 e. The van der Waals surface area contributed by atoms with E-state index in [4.69, 9.17) is 9.47 Å². The molecule has 0 radical (unpaired) electrons. The molecule has 24 heavy (non-hydrogen) atoms. The maximum absolute atomic E-state index is 12.1. The number of rotatable bonds is 8. The Morgan fingerprint density at radius 3 is 1.92 bits per heavy atom. The van der Waals surface area contributed by atoms with E-state index in [9.17, 15) is 9.59 Å². The summed E-state index contributed by atoms with van der Waals surface area (Å²) >= 11 is 0. The number of ether oxygens (including phenoxy) is 2. The molecule has 0 spiro atoms. The van der Waals surface area contributed by atoms with Crippen LogP contribution in [0.2, 0.25) is 0 Å². The van der Waals surface area contributed by atoms with E-state index in [-0.39, 0.29) is 24.6 Å². The van der Waals surface area contributed by atoms with Gasteiger partial charge in [0.15, 0.2) is 0 Å². The Bertz CT molecular complexity index is 637. The molecule has 2 aromatic carbocycles. The number of esters is 2. The van der Waals surface area contributed by atoms with Gasteiger partial charge in [0.05, 0.1) is 17.7 Å². The first-order valence-corrected chi connectivity index (χ1v) is 8.19. The molecular weight excluding hydrogens is 304 g/mol. The van der Waals surface area contributed by atoms with E-state index in [0.717, 1.165) is 12.8 Å². The lowest BCUT2D eigenvalue weighted by molar-refractivity contribution is 0.0164. The van der Waals surface area contributed by atoms with Gasteiger partial charge in [0.2, 0.25) is 0 Å². The molecule has 0 aromatic heterocycles. The zero-order chi connectivity index (χ0) is 17.2. The first kappa shape index (κ1) is 17.7. The second-order valence-electron chi connectivity index (χ2n) is 5.47. The molecule has 0 saturated heterocycles. The van der Waals surface area contributed by atoms with Crippen molar-refractivity contribution in [3.05, 3.63) is 71.8 Å². The summed E-state index contributed by atoms with van der Waals surface area (Å²) in [6, 6.07) is 17.7. The van der Waals surface area contributed by atoms with Gasteiger partial charge in [-0.15, -0.1) is 0 Å². The van der Waals surface area contributed by atoms with Crippen LogP contribution in [0.15, 0.2) is 60.7 Å². The van der Waals surface area contributed by atoms with Crippen LogP contribution in [0.3, 0.4) is 0 Å². The van der Waals surface area contributed by atoms with Gasteiger partial charge in [0, 0.05) is 6.42 Å². The number of hydrogen-bond donors (Lipinski definition) is 0. The fourth-order valence-corrected chi connectivity index (χ4v) is 2.32. The van der Waals surface area contributed by atoms with Crippen LogP contribution >= 0.6 is 0 Å². The molecule has 1 atom stereocenters. The number of carbonyl (C=O) groups is 2. The van der Waals surface area contributed by atoms with E-state index >= 15 is 0 Å². The third kappa shape index (κ3) is 5.54. The third-order valence-electron chi connectivity index (χ3n) is 3.58. The van der Waals surface area contributed by atoms with Crippen molar-refractivity contribution in [1.29, 1.82) is 0 Å². The largest absolute Gasteiger partial charge is 0.462 e. The topological polar surface area (TPSA) is 52.6 Å². The summed E-state index contributed by atoms with van der Waals surface area (Å²) in [7, 11) is 0. The summed E-state index contributed by atoms with van der Waals surface area (Å²) < 4.78 is 10.8.